The van der Waals surface area contributed by atoms with Crippen LogP contribution in [0.1, 0.15) is 12.6 Å². The van der Waals surface area contributed by atoms with Crippen LogP contribution >= 0.6 is 0 Å². The van der Waals surface area contributed by atoms with Crippen LogP contribution in [0.15, 0.2) is 73.0 Å². The van der Waals surface area contributed by atoms with Gasteiger partial charge < -0.3 is 14.7 Å². The van der Waals surface area contributed by atoms with Crippen molar-refractivity contribution in [2.45, 2.75) is 20.6 Å². The van der Waals surface area contributed by atoms with Gasteiger partial charge in [-0.15, -0.1) is 0 Å². The maximum absolute atomic E-state index is 11.8. The highest BCUT2D eigenvalue weighted by Crippen LogP contribution is 2.05. The number of benzene rings is 1. The Morgan fingerprint density at radius 3 is 1.88 bits per heavy atom. The Hall–Kier alpha value is -5.51. The van der Waals surface area contributed by atoms with Crippen molar-refractivity contribution in [1.29, 1.82) is 0 Å². The third kappa shape index (κ3) is 5.80. The molecule has 0 fully saturated rings. The minimum absolute atomic E-state index is 0.0104. The second-order valence-electron chi connectivity index (χ2n) is 9.40. The number of aromatic amines is 2. The predicted molar refractivity (Wildman–Crippen MR) is 160 cm³/mol. The molecule has 2 N–H and O–H groups in total. The minimum Gasteiger partial charge on any atom is -0.361 e. The molecule has 0 radical (unpaired) electrons. The summed E-state index contributed by atoms with van der Waals surface area (Å²) in [4.78, 5) is 71.1. The molecule has 6 rings (SSSR count). The number of aryl methyl sites for hydroxylation is 2. The third-order valence-corrected chi connectivity index (χ3v) is 6.72. The highest BCUT2D eigenvalue weighted by molar-refractivity contribution is 5.69. The topological polar surface area (TPSA) is 182 Å². The summed E-state index contributed by atoms with van der Waals surface area (Å²) in [5.74, 6) is 0. The van der Waals surface area contributed by atoms with Gasteiger partial charge in [0.15, 0.2) is 11.3 Å². The van der Waals surface area contributed by atoms with Crippen molar-refractivity contribution in [1.82, 2.24) is 47.6 Å². The number of nitrogens with one attached hydrogen (secondary N) is 2. The van der Waals surface area contributed by atoms with E-state index in [0.717, 1.165) is 20.5 Å². The maximum atomic E-state index is 11.8. The van der Waals surface area contributed by atoms with Crippen molar-refractivity contribution >= 4 is 22.3 Å². The van der Waals surface area contributed by atoms with Gasteiger partial charge in [-0.25, -0.2) is 24.2 Å². The molecule has 6 aromatic rings. The average Bonchev–Trinajstić information content (AvgIpc) is 3.75. The van der Waals surface area contributed by atoms with E-state index in [2.05, 4.69) is 19.9 Å². The Morgan fingerprint density at radius 1 is 0.767 bits per heavy atom. The molecular formula is C27H32N10O6. The largest absolute Gasteiger partial charge is 0.361 e. The van der Waals surface area contributed by atoms with Gasteiger partial charge in [-0.1, -0.05) is 18.2 Å². The number of para-hydroxylation sites is 1. The van der Waals surface area contributed by atoms with Gasteiger partial charge in [-0.2, -0.15) is 0 Å². The van der Waals surface area contributed by atoms with Crippen molar-refractivity contribution in [3.8, 4) is 5.69 Å². The Balaban J connectivity index is 0.000000148. The minimum atomic E-state index is -0.432. The quantitative estimate of drug-likeness (QED) is 0.284. The van der Waals surface area contributed by atoms with E-state index in [1.54, 1.807) is 17.8 Å². The monoisotopic (exact) mass is 592 g/mol. The summed E-state index contributed by atoms with van der Waals surface area (Å²) in [6.07, 6.45) is 2.78. The second kappa shape index (κ2) is 12.6. The summed E-state index contributed by atoms with van der Waals surface area (Å²) in [6.45, 7) is 4.32. The number of fused-ring (bicyclic) bond motifs is 2. The number of nitrogens with zero attached hydrogens (tertiary/aromatic N) is 8. The van der Waals surface area contributed by atoms with E-state index in [0.29, 0.717) is 28.9 Å². The van der Waals surface area contributed by atoms with Gasteiger partial charge in [0.1, 0.15) is 17.8 Å². The summed E-state index contributed by atoms with van der Waals surface area (Å²) in [5.41, 5.74) is 1.69. The van der Waals surface area contributed by atoms with Gasteiger partial charge in [-0.3, -0.25) is 37.3 Å². The molecule has 226 valence electrons. The van der Waals surface area contributed by atoms with Crippen LogP contribution < -0.4 is 28.1 Å². The van der Waals surface area contributed by atoms with Gasteiger partial charge in [-0.05, 0) is 26.0 Å². The molecule has 16 heteroatoms. The highest BCUT2D eigenvalue weighted by Gasteiger charge is 2.12. The Kier molecular flexibility index (Phi) is 8.89. The fourth-order valence-corrected chi connectivity index (χ4v) is 4.25. The van der Waals surface area contributed by atoms with Crippen molar-refractivity contribution in [3.63, 3.8) is 0 Å². The second-order valence-corrected chi connectivity index (χ2v) is 9.40. The summed E-state index contributed by atoms with van der Waals surface area (Å²) in [7, 11) is 6.31. The van der Waals surface area contributed by atoms with Crippen LogP contribution in [0.3, 0.4) is 0 Å². The van der Waals surface area contributed by atoms with Crippen LogP contribution in [0, 0.1) is 6.92 Å². The molecule has 0 aliphatic rings. The summed E-state index contributed by atoms with van der Waals surface area (Å²) in [6, 6.07) is 11.2. The summed E-state index contributed by atoms with van der Waals surface area (Å²) in [5, 5.41) is 0. The first-order valence-corrected chi connectivity index (χ1v) is 13.1. The van der Waals surface area contributed by atoms with Crippen molar-refractivity contribution in [2.24, 2.45) is 28.2 Å². The molecule has 16 nitrogen and oxygen atoms in total. The lowest BCUT2D eigenvalue weighted by atomic mass is 10.3. The number of hydrogen-bond acceptors (Lipinski definition) is 8. The van der Waals surface area contributed by atoms with E-state index >= 15 is 0 Å². The molecule has 0 unspecified atom stereocenters. The summed E-state index contributed by atoms with van der Waals surface area (Å²) < 4.78 is 13.4. The SMILES string of the molecule is CCOCn1c(=O)n(C)c(=O)c2[nH]cnc21.Cc1cc(=O)n(-c2ccccc2)n1C.Cn1c(=O)c2[nH]cnc2n(C)c1=O. The fraction of sp³-hybridized carbons (Fsp3) is 0.296. The Bertz CT molecular complexity index is 2190. The summed E-state index contributed by atoms with van der Waals surface area (Å²) >= 11 is 0. The molecule has 0 saturated heterocycles. The van der Waals surface area contributed by atoms with E-state index in [-0.39, 0.29) is 29.1 Å². The van der Waals surface area contributed by atoms with Gasteiger partial charge >= 0.3 is 11.4 Å². The number of hydrogen-bond donors (Lipinski definition) is 2. The lowest BCUT2D eigenvalue weighted by molar-refractivity contribution is 0.0863. The van der Waals surface area contributed by atoms with Crippen molar-refractivity contribution in [3.05, 3.63) is 107 Å². The molecule has 0 aliphatic heterocycles. The van der Waals surface area contributed by atoms with Gasteiger partial charge in [0.05, 0.1) is 18.3 Å². The Labute approximate surface area is 242 Å². The number of ether oxygens (including phenoxy) is 1. The first kappa shape index (κ1) is 30.4. The molecule has 1 aromatic carbocycles. The van der Waals surface area contributed by atoms with Crippen LogP contribution in [-0.4, -0.2) is 54.2 Å². The molecule has 0 amide bonds. The standard InChI is InChI=1S/C11H12N2O.C9H12N4O3.C7H8N4O2/c1-9-8-11(14)13(12(9)2)10-6-4-3-5-7-10;1-3-16-5-13-7-6(10-4-11-7)8(14)12(2)9(13)15;1-10-5-4(8-3-9-5)6(12)11(2)7(10)13/h3-8H,1-2H3;4H,3,5H2,1-2H3,(H,10,11);3H,1-2H3,(H,8,9). The van der Waals surface area contributed by atoms with E-state index in [4.69, 9.17) is 4.74 Å². The Morgan fingerprint density at radius 2 is 1.33 bits per heavy atom. The highest BCUT2D eigenvalue weighted by atomic mass is 16.5. The molecule has 0 saturated carbocycles. The average molecular weight is 593 g/mol. The number of H-pyrrole nitrogens is 2. The number of aromatic nitrogens is 10. The molecular weight excluding hydrogens is 560 g/mol. The lowest BCUT2D eigenvalue weighted by Gasteiger charge is -2.07. The molecule has 0 atom stereocenters. The van der Waals surface area contributed by atoms with E-state index < -0.39 is 5.69 Å². The van der Waals surface area contributed by atoms with E-state index in [1.807, 2.05) is 55.9 Å². The van der Waals surface area contributed by atoms with Crippen LogP contribution in [0.5, 0.6) is 0 Å². The van der Waals surface area contributed by atoms with Gasteiger partial charge in [0, 0.05) is 46.6 Å². The van der Waals surface area contributed by atoms with Crippen LogP contribution in [-0.2, 0) is 39.7 Å². The zero-order chi connectivity index (χ0) is 31.4. The predicted octanol–water partition coefficient (Wildman–Crippen LogP) is -0.138. The third-order valence-electron chi connectivity index (χ3n) is 6.72. The number of imidazole rings is 2. The van der Waals surface area contributed by atoms with E-state index in [1.165, 1.54) is 35.9 Å². The zero-order valence-electron chi connectivity index (χ0n) is 24.6. The van der Waals surface area contributed by atoms with Crippen LogP contribution in [0.2, 0.25) is 0 Å². The molecule has 0 bridgehead atoms. The molecule has 5 heterocycles. The molecule has 0 aliphatic carbocycles. The first-order chi connectivity index (χ1) is 20.5. The van der Waals surface area contributed by atoms with Crippen molar-refractivity contribution in [2.75, 3.05) is 6.61 Å². The van der Waals surface area contributed by atoms with Crippen LogP contribution in [0.25, 0.3) is 28.0 Å². The normalized spacial score (nSPS) is 10.8. The number of rotatable bonds is 4. The smallest absolute Gasteiger partial charge is 0.334 e. The van der Waals surface area contributed by atoms with Gasteiger partial charge in [0.25, 0.3) is 16.7 Å². The molecule has 0 spiro atoms. The van der Waals surface area contributed by atoms with Crippen molar-refractivity contribution < 1.29 is 4.74 Å². The molecule has 5 aromatic heterocycles. The fourth-order valence-electron chi connectivity index (χ4n) is 4.25. The van der Waals surface area contributed by atoms with Gasteiger partial charge in [0.2, 0.25) is 0 Å². The zero-order valence-corrected chi connectivity index (χ0v) is 24.6. The first-order valence-electron chi connectivity index (χ1n) is 13.1. The van der Waals surface area contributed by atoms with E-state index in [9.17, 15) is 24.0 Å². The molecule has 43 heavy (non-hydrogen) atoms. The van der Waals surface area contributed by atoms with Crippen LogP contribution in [0.4, 0.5) is 0 Å². The lowest BCUT2D eigenvalue weighted by Crippen LogP contribution is -2.38. The maximum Gasteiger partial charge on any atom is 0.334 e.